The molecule has 2 amide bonds. The fourth-order valence-corrected chi connectivity index (χ4v) is 2.23. The topological polar surface area (TPSA) is 80.3 Å². The van der Waals surface area contributed by atoms with E-state index in [0.29, 0.717) is 24.2 Å². The SMILES string of the molecule is COCC(=O)Nc1ccc(NC(=O)CCc2cccnc2)cc1C. The van der Waals surface area contributed by atoms with Crippen molar-refractivity contribution in [3.8, 4) is 0 Å². The van der Waals surface area contributed by atoms with Gasteiger partial charge in [0.15, 0.2) is 0 Å². The van der Waals surface area contributed by atoms with Crippen LogP contribution >= 0.6 is 0 Å². The summed E-state index contributed by atoms with van der Waals surface area (Å²) in [6.45, 7) is 1.87. The van der Waals surface area contributed by atoms with E-state index in [9.17, 15) is 9.59 Å². The molecule has 1 aromatic heterocycles. The van der Waals surface area contributed by atoms with Crippen LogP contribution in [0.5, 0.6) is 0 Å². The van der Waals surface area contributed by atoms with E-state index in [0.717, 1.165) is 11.1 Å². The van der Waals surface area contributed by atoms with Gasteiger partial charge >= 0.3 is 0 Å². The molecular formula is C18H21N3O3. The first kappa shape index (κ1) is 17.6. The highest BCUT2D eigenvalue weighted by Crippen LogP contribution is 2.20. The first-order valence-corrected chi connectivity index (χ1v) is 7.66. The molecule has 0 atom stereocenters. The molecule has 0 saturated carbocycles. The summed E-state index contributed by atoms with van der Waals surface area (Å²) >= 11 is 0. The van der Waals surface area contributed by atoms with E-state index < -0.39 is 0 Å². The summed E-state index contributed by atoms with van der Waals surface area (Å²) in [5.41, 5.74) is 3.29. The van der Waals surface area contributed by atoms with Crippen molar-refractivity contribution in [2.24, 2.45) is 0 Å². The Bertz CT molecular complexity index is 702. The average molecular weight is 327 g/mol. The van der Waals surface area contributed by atoms with Gasteiger partial charge in [0.05, 0.1) is 0 Å². The third kappa shape index (κ3) is 5.48. The predicted molar refractivity (Wildman–Crippen MR) is 92.9 cm³/mol. The van der Waals surface area contributed by atoms with E-state index in [1.807, 2.05) is 25.1 Å². The van der Waals surface area contributed by atoms with Crippen LogP contribution in [-0.2, 0) is 20.7 Å². The van der Waals surface area contributed by atoms with Crippen molar-refractivity contribution in [3.05, 3.63) is 53.9 Å². The maximum atomic E-state index is 12.0. The number of aryl methyl sites for hydroxylation is 2. The quantitative estimate of drug-likeness (QED) is 0.819. The second kappa shape index (κ2) is 8.79. The standard InChI is InChI=1S/C18H21N3O3/c1-13-10-15(6-7-16(13)21-18(23)12-24-2)20-17(22)8-5-14-4-3-9-19-11-14/h3-4,6-7,9-11H,5,8,12H2,1-2H3,(H,20,22)(H,21,23). The summed E-state index contributed by atoms with van der Waals surface area (Å²) in [7, 11) is 1.47. The monoisotopic (exact) mass is 327 g/mol. The molecule has 0 radical (unpaired) electrons. The fraction of sp³-hybridized carbons (Fsp3) is 0.278. The van der Waals surface area contributed by atoms with Crippen molar-refractivity contribution < 1.29 is 14.3 Å². The smallest absolute Gasteiger partial charge is 0.250 e. The number of pyridine rings is 1. The van der Waals surface area contributed by atoms with Gasteiger partial charge in [-0.3, -0.25) is 14.6 Å². The third-order valence-corrected chi connectivity index (χ3v) is 3.42. The second-order valence-electron chi connectivity index (χ2n) is 5.42. The van der Waals surface area contributed by atoms with E-state index in [4.69, 9.17) is 4.74 Å². The van der Waals surface area contributed by atoms with Crippen LogP contribution in [0.4, 0.5) is 11.4 Å². The number of hydrogen-bond donors (Lipinski definition) is 2. The Morgan fingerprint density at radius 3 is 2.67 bits per heavy atom. The molecule has 24 heavy (non-hydrogen) atoms. The first-order chi connectivity index (χ1) is 11.6. The zero-order valence-electron chi connectivity index (χ0n) is 13.8. The van der Waals surface area contributed by atoms with Gasteiger partial charge in [0, 0.05) is 37.3 Å². The lowest BCUT2D eigenvalue weighted by molar-refractivity contribution is -0.119. The van der Waals surface area contributed by atoms with Gasteiger partial charge in [0.1, 0.15) is 6.61 Å². The van der Waals surface area contributed by atoms with Gasteiger partial charge in [0.2, 0.25) is 11.8 Å². The molecule has 2 rings (SSSR count). The zero-order valence-corrected chi connectivity index (χ0v) is 13.8. The van der Waals surface area contributed by atoms with Crippen LogP contribution in [0.1, 0.15) is 17.5 Å². The van der Waals surface area contributed by atoms with Crippen LogP contribution in [0.2, 0.25) is 0 Å². The molecule has 126 valence electrons. The largest absolute Gasteiger partial charge is 0.375 e. The number of amides is 2. The highest BCUT2D eigenvalue weighted by atomic mass is 16.5. The van der Waals surface area contributed by atoms with Crippen molar-refractivity contribution in [2.45, 2.75) is 19.8 Å². The fourth-order valence-electron chi connectivity index (χ4n) is 2.23. The van der Waals surface area contributed by atoms with Crippen molar-refractivity contribution in [3.63, 3.8) is 0 Å². The highest BCUT2D eigenvalue weighted by Gasteiger charge is 2.07. The van der Waals surface area contributed by atoms with Crippen LogP contribution in [0, 0.1) is 6.92 Å². The van der Waals surface area contributed by atoms with E-state index >= 15 is 0 Å². The van der Waals surface area contributed by atoms with Gasteiger partial charge in [-0.25, -0.2) is 0 Å². The molecule has 0 aliphatic carbocycles. The lowest BCUT2D eigenvalue weighted by Gasteiger charge is -2.11. The Hall–Kier alpha value is -2.73. The minimum Gasteiger partial charge on any atom is -0.375 e. The molecule has 0 unspecified atom stereocenters. The number of benzene rings is 1. The normalized spacial score (nSPS) is 10.2. The molecule has 1 aromatic carbocycles. The number of carbonyl (C=O) groups excluding carboxylic acids is 2. The Morgan fingerprint density at radius 1 is 1.17 bits per heavy atom. The van der Waals surface area contributed by atoms with Gasteiger partial charge in [0.25, 0.3) is 0 Å². The van der Waals surface area contributed by atoms with Gasteiger partial charge in [-0.05, 0) is 48.7 Å². The van der Waals surface area contributed by atoms with E-state index in [1.165, 1.54) is 7.11 Å². The number of methoxy groups -OCH3 is 1. The number of carbonyl (C=O) groups is 2. The Morgan fingerprint density at radius 2 is 2.00 bits per heavy atom. The molecule has 0 saturated heterocycles. The minimum atomic E-state index is -0.214. The molecule has 0 aliphatic heterocycles. The third-order valence-electron chi connectivity index (χ3n) is 3.42. The van der Waals surface area contributed by atoms with E-state index in [-0.39, 0.29) is 18.4 Å². The molecule has 6 nitrogen and oxygen atoms in total. The lowest BCUT2D eigenvalue weighted by atomic mass is 10.1. The molecule has 6 heteroatoms. The number of nitrogens with one attached hydrogen (secondary N) is 2. The number of rotatable bonds is 7. The number of aromatic nitrogens is 1. The highest BCUT2D eigenvalue weighted by molar-refractivity contribution is 5.94. The van der Waals surface area contributed by atoms with Crippen molar-refractivity contribution in [1.29, 1.82) is 0 Å². The maximum Gasteiger partial charge on any atom is 0.250 e. The van der Waals surface area contributed by atoms with E-state index in [1.54, 1.807) is 24.5 Å². The van der Waals surface area contributed by atoms with Gasteiger partial charge in [-0.2, -0.15) is 0 Å². The average Bonchev–Trinajstić information content (AvgIpc) is 2.57. The predicted octanol–water partition coefficient (Wildman–Crippen LogP) is 2.55. The number of anilines is 2. The molecule has 2 N–H and O–H groups in total. The Balaban J connectivity index is 1.89. The van der Waals surface area contributed by atoms with Crippen molar-refractivity contribution in [1.82, 2.24) is 4.98 Å². The summed E-state index contributed by atoms with van der Waals surface area (Å²) in [6.07, 6.45) is 4.50. The van der Waals surface area contributed by atoms with Gasteiger partial charge in [-0.1, -0.05) is 6.07 Å². The summed E-state index contributed by atoms with van der Waals surface area (Å²) in [4.78, 5) is 27.6. The van der Waals surface area contributed by atoms with Crippen LogP contribution in [0.3, 0.4) is 0 Å². The molecule has 0 aliphatic rings. The van der Waals surface area contributed by atoms with Crippen LogP contribution in [0.25, 0.3) is 0 Å². The summed E-state index contributed by atoms with van der Waals surface area (Å²) in [6, 6.07) is 9.15. The van der Waals surface area contributed by atoms with Crippen LogP contribution in [-0.4, -0.2) is 30.5 Å². The number of hydrogen-bond acceptors (Lipinski definition) is 4. The number of nitrogens with zero attached hydrogens (tertiary/aromatic N) is 1. The molecule has 2 aromatic rings. The van der Waals surface area contributed by atoms with Crippen LogP contribution in [0.15, 0.2) is 42.7 Å². The molecule has 0 bridgehead atoms. The Kier molecular flexibility index (Phi) is 6.45. The second-order valence-corrected chi connectivity index (χ2v) is 5.42. The van der Waals surface area contributed by atoms with Crippen molar-refractivity contribution in [2.75, 3.05) is 24.4 Å². The van der Waals surface area contributed by atoms with Crippen LogP contribution < -0.4 is 10.6 Å². The summed E-state index contributed by atoms with van der Waals surface area (Å²) in [5, 5.41) is 5.62. The van der Waals surface area contributed by atoms with Gasteiger partial charge in [-0.15, -0.1) is 0 Å². The Labute approximate surface area is 141 Å². The van der Waals surface area contributed by atoms with E-state index in [2.05, 4.69) is 15.6 Å². The summed E-state index contributed by atoms with van der Waals surface area (Å²) < 4.78 is 4.78. The molecule has 0 fully saturated rings. The first-order valence-electron chi connectivity index (χ1n) is 7.66. The molecular weight excluding hydrogens is 306 g/mol. The minimum absolute atomic E-state index is 0.00622. The van der Waals surface area contributed by atoms with Crippen molar-refractivity contribution >= 4 is 23.2 Å². The summed E-state index contributed by atoms with van der Waals surface area (Å²) in [5.74, 6) is -0.275. The van der Waals surface area contributed by atoms with Gasteiger partial charge < -0.3 is 15.4 Å². The zero-order chi connectivity index (χ0) is 17.4. The lowest BCUT2D eigenvalue weighted by Crippen LogP contribution is -2.18. The molecule has 0 spiro atoms. The maximum absolute atomic E-state index is 12.0. The number of ether oxygens (including phenoxy) is 1. The molecule has 1 heterocycles.